The molecule has 0 saturated heterocycles. The fourth-order valence-corrected chi connectivity index (χ4v) is 3.68. The molecule has 1 rings (SSSR count). The molecule has 0 heterocycles. The van der Waals surface area contributed by atoms with Gasteiger partial charge in [0.05, 0.1) is 20.3 Å². The number of unbranched alkanes of at least 4 members (excludes halogenated alkanes) is 12. The molecule has 0 aromatic heterocycles. The number of nitrogens with one attached hydrogen (secondary N) is 1. The molecule has 8 heteroatoms. The van der Waals surface area contributed by atoms with Gasteiger partial charge in [-0.15, -0.1) is 0 Å². The molecule has 0 saturated carbocycles. The Hall–Kier alpha value is -2.77. The monoisotopic (exact) mass is 507 g/mol. The highest BCUT2D eigenvalue weighted by Crippen LogP contribution is 2.24. The minimum Gasteiger partial charge on any atom is -0.465 e. The van der Waals surface area contributed by atoms with E-state index in [1.165, 1.54) is 76.7 Å². The summed E-state index contributed by atoms with van der Waals surface area (Å²) in [4.78, 5) is 36.4. The maximum Gasteiger partial charge on any atom is 0.513 e. The van der Waals surface area contributed by atoms with Crippen LogP contribution in [0.5, 0.6) is 5.75 Å². The Bertz CT molecular complexity index is 766. The quantitative estimate of drug-likeness (QED) is 0.0875. The summed E-state index contributed by atoms with van der Waals surface area (Å²) in [7, 11) is 1.22. The van der Waals surface area contributed by atoms with E-state index in [1.54, 1.807) is 0 Å². The number of carbonyl (C=O) groups is 3. The summed E-state index contributed by atoms with van der Waals surface area (Å²) in [5, 5.41) is 2.59. The molecule has 36 heavy (non-hydrogen) atoms. The van der Waals surface area contributed by atoms with Crippen LogP contribution in [0.3, 0.4) is 0 Å². The molecular formula is C28H45NO7. The van der Waals surface area contributed by atoms with Crippen molar-refractivity contribution in [2.45, 2.75) is 104 Å². The zero-order valence-corrected chi connectivity index (χ0v) is 22.4. The lowest BCUT2D eigenvalue weighted by Crippen LogP contribution is -2.16. The van der Waals surface area contributed by atoms with Gasteiger partial charge >= 0.3 is 18.2 Å². The van der Waals surface area contributed by atoms with Crippen LogP contribution in [0.25, 0.3) is 0 Å². The predicted octanol–water partition coefficient (Wildman–Crippen LogP) is 8.04. The Morgan fingerprint density at radius 2 is 1.25 bits per heavy atom. The van der Waals surface area contributed by atoms with Gasteiger partial charge in [-0.1, -0.05) is 90.9 Å². The number of hydrogen-bond donors (Lipinski definition) is 1. The van der Waals surface area contributed by atoms with Crippen molar-refractivity contribution in [3.63, 3.8) is 0 Å². The summed E-state index contributed by atoms with van der Waals surface area (Å²) in [6.07, 6.45) is 14.1. The molecule has 0 atom stereocenters. The lowest BCUT2D eigenvalue weighted by Gasteiger charge is -2.12. The summed E-state index contributed by atoms with van der Waals surface area (Å²) >= 11 is 0. The minimum absolute atomic E-state index is 0.00440. The maximum atomic E-state index is 12.2. The van der Waals surface area contributed by atoms with Crippen molar-refractivity contribution in [2.75, 3.05) is 25.6 Å². The molecule has 0 radical (unpaired) electrons. The molecule has 0 spiro atoms. The third kappa shape index (κ3) is 14.6. The van der Waals surface area contributed by atoms with Crippen molar-refractivity contribution in [3.8, 4) is 5.75 Å². The lowest BCUT2D eigenvalue weighted by atomic mass is 10.1. The highest BCUT2D eigenvalue weighted by atomic mass is 16.7. The average Bonchev–Trinajstić information content (AvgIpc) is 2.87. The zero-order valence-electron chi connectivity index (χ0n) is 22.4. The molecule has 204 valence electrons. The second-order valence-corrected chi connectivity index (χ2v) is 8.91. The van der Waals surface area contributed by atoms with Gasteiger partial charge in [-0.2, -0.15) is 0 Å². The Balaban J connectivity index is 2.44. The van der Waals surface area contributed by atoms with E-state index >= 15 is 0 Å². The Morgan fingerprint density at radius 3 is 1.81 bits per heavy atom. The SMILES string of the molecule is CCCCCCCCCOC(=O)Nc1ccc(OC(=O)OCCCCCCCCC)c(C(=O)OC)c1. The van der Waals surface area contributed by atoms with Crippen molar-refractivity contribution in [3.05, 3.63) is 23.8 Å². The first-order valence-corrected chi connectivity index (χ1v) is 13.5. The maximum absolute atomic E-state index is 12.2. The second-order valence-electron chi connectivity index (χ2n) is 8.91. The molecule has 1 N–H and O–H groups in total. The molecule has 0 aliphatic heterocycles. The molecule has 0 unspecified atom stereocenters. The number of ether oxygens (including phenoxy) is 4. The smallest absolute Gasteiger partial charge is 0.465 e. The minimum atomic E-state index is -0.888. The van der Waals surface area contributed by atoms with Crippen LogP contribution in [0.2, 0.25) is 0 Å². The molecule has 1 amide bonds. The van der Waals surface area contributed by atoms with E-state index in [2.05, 4.69) is 19.2 Å². The lowest BCUT2D eigenvalue weighted by molar-refractivity contribution is 0.0594. The number of methoxy groups -OCH3 is 1. The Kier molecular flexibility index (Phi) is 17.7. The van der Waals surface area contributed by atoms with Crippen LogP contribution in [0.15, 0.2) is 18.2 Å². The fourth-order valence-electron chi connectivity index (χ4n) is 3.68. The normalized spacial score (nSPS) is 10.5. The van der Waals surface area contributed by atoms with Crippen LogP contribution in [0.4, 0.5) is 15.3 Å². The van der Waals surface area contributed by atoms with Crippen molar-refractivity contribution < 1.29 is 33.3 Å². The largest absolute Gasteiger partial charge is 0.513 e. The van der Waals surface area contributed by atoms with Gasteiger partial charge in [-0.05, 0) is 31.0 Å². The highest BCUT2D eigenvalue weighted by Gasteiger charge is 2.18. The van der Waals surface area contributed by atoms with Crippen molar-refractivity contribution in [1.82, 2.24) is 0 Å². The number of rotatable bonds is 19. The van der Waals surface area contributed by atoms with Crippen molar-refractivity contribution in [2.24, 2.45) is 0 Å². The molecule has 8 nitrogen and oxygen atoms in total. The third-order valence-electron chi connectivity index (χ3n) is 5.77. The Morgan fingerprint density at radius 1 is 0.722 bits per heavy atom. The molecule has 1 aromatic rings. The third-order valence-corrected chi connectivity index (χ3v) is 5.77. The summed E-state index contributed by atoms with van der Waals surface area (Å²) in [5.41, 5.74) is 0.319. The molecule has 1 aromatic carbocycles. The Labute approximate surface area is 216 Å². The fraction of sp³-hybridized carbons (Fsp3) is 0.679. The number of amides is 1. The molecule has 0 aliphatic rings. The van der Waals surface area contributed by atoms with Gasteiger partial charge in [0.15, 0.2) is 0 Å². The first-order chi connectivity index (χ1) is 17.5. The molecule has 0 bridgehead atoms. The van der Waals surface area contributed by atoms with E-state index in [1.807, 2.05) is 0 Å². The van der Waals surface area contributed by atoms with Gasteiger partial charge in [0, 0.05) is 5.69 Å². The summed E-state index contributed by atoms with van der Waals surface area (Å²) in [6.45, 7) is 4.95. The number of hydrogen-bond acceptors (Lipinski definition) is 7. The van der Waals surface area contributed by atoms with Crippen molar-refractivity contribution >= 4 is 23.9 Å². The van der Waals surface area contributed by atoms with Gasteiger partial charge in [-0.25, -0.2) is 14.4 Å². The summed E-state index contributed by atoms with van der Waals surface area (Å²) in [5.74, 6) is -0.710. The highest BCUT2D eigenvalue weighted by molar-refractivity contribution is 5.95. The standard InChI is InChI=1S/C28H45NO7/c1-4-6-8-10-12-14-16-20-34-27(31)29-23-18-19-25(24(22-23)26(30)33-3)36-28(32)35-21-17-15-13-11-9-7-5-2/h18-19,22H,4-17,20-21H2,1-3H3,(H,29,31). The van der Waals surface area contributed by atoms with Gasteiger partial charge in [0.25, 0.3) is 0 Å². The number of carbonyl (C=O) groups excluding carboxylic acids is 3. The average molecular weight is 508 g/mol. The number of esters is 1. The van der Waals surface area contributed by atoms with E-state index in [4.69, 9.17) is 18.9 Å². The van der Waals surface area contributed by atoms with Gasteiger partial charge in [0.1, 0.15) is 11.3 Å². The van der Waals surface area contributed by atoms with Crippen LogP contribution in [-0.4, -0.2) is 38.5 Å². The van der Waals surface area contributed by atoms with Gasteiger partial charge in [-0.3, -0.25) is 5.32 Å². The second kappa shape index (κ2) is 20.4. The van der Waals surface area contributed by atoms with Crippen LogP contribution in [0.1, 0.15) is 114 Å². The zero-order chi connectivity index (χ0) is 26.4. The van der Waals surface area contributed by atoms with E-state index in [9.17, 15) is 14.4 Å². The molecular weight excluding hydrogens is 462 g/mol. The van der Waals surface area contributed by atoms with Crippen molar-refractivity contribution in [1.29, 1.82) is 0 Å². The van der Waals surface area contributed by atoms with Crippen LogP contribution >= 0.6 is 0 Å². The summed E-state index contributed by atoms with van der Waals surface area (Å²) < 4.78 is 20.3. The van der Waals surface area contributed by atoms with E-state index in [0.29, 0.717) is 12.3 Å². The van der Waals surface area contributed by atoms with E-state index in [-0.39, 0.29) is 17.9 Å². The topological polar surface area (TPSA) is 100 Å². The van der Waals surface area contributed by atoms with Gasteiger partial charge in [0.2, 0.25) is 0 Å². The van der Waals surface area contributed by atoms with E-state index in [0.717, 1.165) is 38.5 Å². The van der Waals surface area contributed by atoms with Gasteiger partial charge < -0.3 is 18.9 Å². The van der Waals surface area contributed by atoms with Crippen LogP contribution in [0, 0.1) is 0 Å². The number of benzene rings is 1. The molecule has 0 aliphatic carbocycles. The van der Waals surface area contributed by atoms with Crippen LogP contribution < -0.4 is 10.1 Å². The predicted molar refractivity (Wildman–Crippen MR) is 141 cm³/mol. The first-order valence-electron chi connectivity index (χ1n) is 13.5. The number of anilines is 1. The molecule has 0 fully saturated rings. The van der Waals surface area contributed by atoms with E-state index < -0.39 is 18.2 Å². The summed E-state index contributed by atoms with van der Waals surface area (Å²) in [6, 6.07) is 4.30. The van der Waals surface area contributed by atoms with Crippen LogP contribution in [-0.2, 0) is 14.2 Å². The first kappa shape index (κ1) is 31.3.